The Hall–Kier alpha value is -1.04. The number of likely N-dealkylation sites (tertiary alicyclic amines) is 1. The van der Waals surface area contributed by atoms with Crippen LogP contribution >= 0.6 is 0 Å². The van der Waals surface area contributed by atoms with Crippen LogP contribution in [0.4, 0.5) is 8.78 Å². The van der Waals surface area contributed by atoms with Gasteiger partial charge >= 0.3 is 0 Å². The minimum atomic E-state index is -1.15. The van der Waals surface area contributed by atoms with Gasteiger partial charge in [0, 0.05) is 13.1 Å². The molecule has 2 N–H and O–H groups in total. The molecule has 1 aromatic rings. The highest BCUT2D eigenvalue weighted by Crippen LogP contribution is 2.20. The van der Waals surface area contributed by atoms with Gasteiger partial charge in [0.2, 0.25) is 0 Å². The molecule has 112 valence electrons. The molecule has 0 aromatic heterocycles. The monoisotopic (exact) mass is 284 g/mol. The molecule has 0 radical (unpaired) electrons. The van der Waals surface area contributed by atoms with Crippen LogP contribution in [0.15, 0.2) is 18.2 Å². The van der Waals surface area contributed by atoms with Crippen LogP contribution in [0.25, 0.3) is 0 Å². The van der Waals surface area contributed by atoms with Crippen molar-refractivity contribution in [2.75, 3.05) is 32.7 Å². The summed E-state index contributed by atoms with van der Waals surface area (Å²) in [6.45, 7) is 6.28. The largest absolute Gasteiger partial charge is 0.387 e. The zero-order chi connectivity index (χ0) is 14.5. The summed E-state index contributed by atoms with van der Waals surface area (Å²) in [4.78, 5) is 2.37. The van der Waals surface area contributed by atoms with Gasteiger partial charge in [-0.15, -0.1) is 0 Å². The first kappa shape index (κ1) is 15.4. The third-order valence-electron chi connectivity index (χ3n) is 3.92. The van der Waals surface area contributed by atoms with Crippen LogP contribution in [-0.2, 0) is 0 Å². The molecule has 0 spiro atoms. The molecule has 2 unspecified atom stereocenters. The summed E-state index contributed by atoms with van der Waals surface area (Å²) < 4.78 is 27.0. The molecule has 5 heteroatoms. The maximum Gasteiger partial charge on any atom is 0.131 e. The average Bonchev–Trinajstić information content (AvgIpc) is 2.86. The second kappa shape index (κ2) is 7.11. The Kier molecular flexibility index (Phi) is 5.46. The second-order valence-corrected chi connectivity index (χ2v) is 5.36. The van der Waals surface area contributed by atoms with Crippen molar-refractivity contribution >= 4 is 0 Å². The maximum absolute atomic E-state index is 13.5. The third kappa shape index (κ3) is 3.75. The second-order valence-electron chi connectivity index (χ2n) is 5.36. The van der Waals surface area contributed by atoms with Gasteiger partial charge in [-0.2, -0.15) is 0 Å². The van der Waals surface area contributed by atoms with Gasteiger partial charge in [-0.05, 0) is 44.1 Å². The minimum Gasteiger partial charge on any atom is -0.387 e. The van der Waals surface area contributed by atoms with Crippen molar-refractivity contribution in [1.29, 1.82) is 0 Å². The highest BCUT2D eigenvalue weighted by molar-refractivity contribution is 5.22. The summed E-state index contributed by atoms with van der Waals surface area (Å²) in [6.07, 6.45) is -0.0229. The molecule has 1 heterocycles. The Morgan fingerprint density at radius 2 is 2.10 bits per heavy atom. The van der Waals surface area contributed by atoms with E-state index in [9.17, 15) is 13.9 Å². The Balaban J connectivity index is 1.79. The van der Waals surface area contributed by atoms with Gasteiger partial charge in [-0.25, -0.2) is 8.78 Å². The minimum absolute atomic E-state index is 0.167. The molecule has 20 heavy (non-hydrogen) atoms. The molecule has 0 saturated carbocycles. The van der Waals surface area contributed by atoms with Crippen molar-refractivity contribution in [2.45, 2.75) is 19.4 Å². The molecule has 3 nitrogen and oxygen atoms in total. The Morgan fingerprint density at radius 1 is 1.40 bits per heavy atom. The van der Waals surface area contributed by atoms with E-state index in [2.05, 4.69) is 17.1 Å². The molecule has 1 aromatic carbocycles. The number of benzene rings is 1. The fraction of sp³-hybridized carbons (Fsp3) is 0.600. The van der Waals surface area contributed by atoms with Crippen molar-refractivity contribution in [3.63, 3.8) is 0 Å². The number of rotatable bonds is 6. The molecular weight excluding hydrogens is 262 g/mol. The van der Waals surface area contributed by atoms with Gasteiger partial charge in [-0.3, -0.25) is 0 Å². The molecule has 2 rings (SSSR count). The lowest BCUT2D eigenvalue weighted by atomic mass is 10.1. The van der Waals surface area contributed by atoms with Crippen molar-refractivity contribution in [3.05, 3.63) is 35.4 Å². The molecule has 1 aliphatic rings. The number of nitrogens with zero attached hydrogens (tertiary/aromatic N) is 1. The molecular formula is C15H22F2N2O. The molecule has 2 atom stereocenters. The van der Waals surface area contributed by atoms with E-state index in [-0.39, 0.29) is 12.1 Å². The number of nitrogens with one attached hydrogen (secondary N) is 1. The first-order valence-electron chi connectivity index (χ1n) is 7.16. The summed E-state index contributed by atoms with van der Waals surface area (Å²) >= 11 is 0. The Labute approximate surface area is 118 Å². The Bertz CT molecular complexity index is 422. The molecule has 1 saturated heterocycles. The molecule has 1 fully saturated rings. The first-order valence-corrected chi connectivity index (χ1v) is 7.16. The summed E-state index contributed by atoms with van der Waals surface area (Å²) in [6, 6.07) is 3.63. The average molecular weight is 284 g/mol. The van der Waals surface area contributed by atoms with Crippen LogP contribution in [-0.4, -0.2) is 42.7 Å². The van der Waals surface area contributed by atoms with Crippen molar-refractivity contribution in [3.8, 4) is 0 Å². The van der Waals surface area contributed by atoms with Crippen LogP contribution in [0.1, 0.15) is 25.0 Å². The van der Waals surface area contributed by atoms with E-state index < -0.39 is 17.7 Å². The predicted octanol–water partition coefficient (Wildman–Crippen LogP) is 1.93. The fourth-order valence-corrected chi connectivity index (χ4v) is 2.72. The van der Waals surface area contributed by atoms with E-state index in [0.717, 1.165) is 44.7 Å². The summed E-state index contributed by atoms with van der Waals surface area (Å²) in [5, 5.41) is 13.0. The van der Waals surface area contributed by atoms with E-state index in [1.54, 1.807) is 0 Å². The van der Waals surface area contributed by atoms with Crippen molar-refractivity contribution in [2.24, 2.45) is 5.92 Å². The normalized spacial score (nSPS) is 21.3. The van der Waals surface area contributed by atoms with E-state index in [1.165, 1.54) is 6.07 Å². The van der Waals surface area contributed by atoms with Gasteiger partial charge < -0.3 is 15.3 Å². The number of hydrogen-bond acceptors (Lipinski definition) is 3. The van der Waals surface area contributed by atoms with Crippen LogP contribution < -0.4 is 5.32 Å². The smallest absolute Gasteiger partial charge is 0.131 e. The third-order valence-corrected chi connectivity index (χ3v) is 3.92. The predicted molar refractivity (Wildman–Crippen MR) is 74.4 cm³/mol. The zero-order valence-electron chi connectivity index (χ0n) is 11.8. The topological polar surface area (TPSA) is 35.5 Å². The first-order chi connectivity index (χ1) is 9.61. The SMILES string of the molecule is CCN1CCC(CNCC(O)c2c(F)cccc2F)C1. The maximum atomic E-state index is 13.5. The van der Waals surface area contributed by atoms with Gasteiger partial charge in [0.15, 0.2) is 0 Å². The number of halogens is 2. The van der Waals surface area contributed by atoms with E-state index in [0.29, 0.717) is 5.92 Å². The Morgan fingerprint density at radius 3 is 2.70 bits per heavy atom. The number of aliphatic hydroxyl groups excluding tert-OH is 1. The van der Waals surface area contributed by atoms with E-state index >= 15 is 0 Å². The van der Waals surface area contributed by atoms with E-state index in [4.69, 9.17) is 0 Å². The van der Waals surface area contributed by atoms with Crippen molar-refractivity contribution in [1.82, 2.24) is 10.2 Å². The van der Waals surface area contributed by atoms with Gasteiger partial charge in [0.05, 0.1) is 11.7 Å². The van der Waals surface area contributed by atoms with Crippen LogP contribution in [0.2, 0.25) is 0 Å². The molecule has 0 amide bonds. The van der Waals surface area contributed by atoms with E-state index in [1.807, 2.05) is 0 Å². The van der Waals surface area contributed by atoms with Crippen LogP contribution in [0.3, 0.4) is 0 Å². The van der Waals surface area contributed by atoms with Crippen molar-refractivity contribution < 1.29 is 13.9 Å². The van der Waals surface area contributed by atoms with Gasteiger partial charge in [0.1, 0.15) is 11.6 Å². The zero-order valence-corrected chi connectivity index (χ0v) is 11.8. The van der Waals surface area contributed by atoms with Gasteiger partial charge in [0.25, 0.3) is 0 Å². The molecule has 1 aliphatic heterocycles. The van der Waals surface area contributed by atoms with Crippen LogP contribution in [0, 0.1) is 17.6 Å². The number of hydrogen-bond donors (Lipinski definition) is 2. The lowest BCUT2D eigenvalue weighted by Crippen LogP contribution is -2.30. The highest BCUT2D eigenvalue weighted by Gasteiger charge is 2.22. The van der Waals surface area contributed by atoms with Gasteiger partial charge in [-0.1, -0.05) is 13.0 Å². The molecule has 0 bridgehead atoms. The molecule has 0 aliphatic carbocycles. The fourth-order valence-electron chi connectivity index (χ4n) is 2.72. The summed E-state index contributed by atoms with van der Waals surface area (Å²) in [7, 11) is 0. The summed E-state index contributed by atoms with van der Waals surface area (Å²) in [5.74, 6) is -0.845. The van der Waals surface area contributed by atoms with Crippen LogP contribution in [0.5, 0.6) is 0 Å². The standard InChI is InChI=1S/C15H22F2N2O/c1-2-19-7-6-11(10-19)8-18-9-14(20)15-12(16)4-3-5-13(15)17/h3-5,11,14,18,20H,2,6-10H2,1H3. The highest BCUT2D eigenvalue weighted by atomic mass is 19.1. The number of aliphatic hydroxyl groups is 1. The lowest BCUT2D eigenvalue weighted by molar-refractivity contribution is 0.163. The lowest BCUT2D eigenvalue weighted by Gasteiger charge is -2.16. The summed E-state index contributed by atoms with van der Waals surface area (Å²) in [5.41, 5.74) is -0.249. The quantitative estimate of drug-likeness (QED) is 0.838.